The van der Waals surface area contributed by atoms with Gasteiger partial charge in [0.05, 0.1) is 24.8 Å². The molecule has 1 aromatic heterocycles. The van der Waals surface area contributed by atoms with Gasteiger partial charge in [-0.2, -0.15) is 0 Å². The highest BCUT2D eigenvalue weighted by Crippen LogP contribution is 2.23. The minimum Gasteiger partial charge on any atom is -0.495 e. The van der Waals surface area contributed by atoms with Gasteiger partial charge < -0.3 is 19.5 Å². The molecule has 1 rings (SSSR count). The fourth-order valence-corrected chi connectivity index (χ4v) is 1.95. The van der Waals surface area contributed by atoms with Gasteiger partial charge in [0.1, 0.15) is 18.1 Å². The van der Waals surface area contributed by atoms with Gasteiger partial charge in [0.2, 0.25) is 0 Å². The normalized spacial score (nSPS) is 11.8. The monoisotopic (exact) mass is 356 g/mol. The highest BCUT2D eigenvalue weighted by molar-refractivity contribution is 5.85. The van der Waals surface area contributed by atoms with Crippen LogP contribution in [0.25, 0.3) is 0 Å². The van der Waals surface area contributed by atoms with Gasteiger partial charge in [-0.25, -0.2) is 4.98 Å². The summed E-state index contributed by atoms with van der Waals surface area (Å²) in [5.74, 6) is 0.708. The molecule has 0 amide bonds. The van der Waals surface area contributed by atoms with Crippen LogP contribution in [0, 0.1) is 0 Å². The molecular formula is C18H29ClN2O3. The van der Waals surface area contributed by atoms with Gasteiger partial charge >= 0.3 is 0 Å². The Kier molecular flexibility index (Phi) is 10.2. The van der Waals surface area contributed by atoms with E-state index in [4.69, 9.17) is 14.2 Å². The summed E-state index contributed by atoms with van der Waals surface area (Å²) >= 11 is 0. The van der Waals surface area contributed by atoms with E-state index in [1.54, 1.807) is 0 Å². The van der Waals surface area contributed by atoms with Crippen LogP contribution in [0.2, 0.25) is 0 Å². The molecule has 0 aliphatic heterocycles. The van der Waals surface area contributed by atoms with Crippen molar-refractivity contribution in [3.05, 3.63) is 49.2 Å². The largest absolute Gasteiger partial charge is 0.495 e. The fourth-order valence-electron chi connectivity index (χ4n) is 1.95. The smallest absolute Gasteiger partial charge is 0.152 e. The van der Waals surface area contributed by atoms with Crippen LogP contribution in [-0.4, -0.2) is 23.7 Å². The van der Waals surface area contributed by atoms with Gasteiger partial charge in [0.15, 0.2) is 6.10 Å². The molecule has 0 aromatic carbocycles. The molecule has 0 saturated carbocycles. The van der Waals surface area contributed by atoms with Crippen molar-refractivity contribution < 1.29 is 14.2 Å². The van der Waals surface area contributed by atoms with Crippen molar-refractivity contribution in [1.29, 1.82) is 0 Å². The minimum absolute atomic E-state index is 0. The number of hydrogen-bond donors (Lipinski definition) is 1. The lowest BCUT2D eigenvalue weighted by atomic mass is 10.1. The van der Waals surface area contributed by atoms with Crippen LogP contribution in [0.1, 0.15) is 45.2 Å². The Morgan fingerprint density at radius 2 is 1.96 bits per heavy atom. The maximum absolute atomic E-state index is 5.62. The van der Waals surface area contributed by atoms with E-state index in [1.807, 2.05) is 19.1 Å². The lowest BCUT2D eigenvalue weighted by Crippen LogP contribution is -2.39. The molecule has 1 heterocycles. The van der Waals surface area contributed by atoms with Crippen LogP contribution in [0.3, 0.4) is 0 Å². The second kappa shape index (κ2) is 10.9. The number of nitrogens with one attached hydrogen (secondary N) is 1. The maximum Gasteiger partial charge on any atom is 0.152 e. The van der Waals surface area contributed by atoms with Crippen molar-refractivity contribution in [1.82, 2.24) is 10.3 Å². The molecule has 6 heteroatoms. The summed E-state index contributed by atoms with van der Waals surface area (Å²) in [4.78, 5) is 4.64. The quantitative estimate of drug-likeness (QED) is 0.638. The molecule has 136 valence electrons. The van der Waals surface area contributed by atoms with Crippen LogP contribution in [0.5, 0.6) is 5.75 Å². The van der Waals surface area contributed by atoms with Gasteiger partial charge in [-0.3, -0.25) is 0 Å². The third kappa shape index (κ3) is 7.70. The molecule has 0 aliphatic carbocycles. The first-order valence-corrected chi connectivity index (χ1v) is 7.77. The number of ether oxygens (including phenoxy) is 3. The first-order valence-electron chi connectivity index (χ1n) is 7.77. The number of halogens is 1. The fraction of sp³-hybridized carbons (Fsp3) is 0.500. The number of nitrogens with zero attached hydrogens (tertiary/aromatic N) is 1. The summed E-state index contributed by atoms with van der Waals surface area (Å²) in [6.07, 6.45) is 2.60. The topological polar surface area (TPSA) is 52.6 Å². The third-order valence-electron chi connectivity index (χ3n) is 3.00. The van der Waals surface area contributed by atoms with E-state index in [1.165, 1.54) is 12.5 Å². The summed E-state index contributed by atoms with van der Waals surface area (Å²) in [5.41, 5.74) is 1.51. The van der Waals surface area contributed by atoms with Gasteiger partial charge in [0, 0.05) is 12.1 Å². The molecule has 0 fully saturated rings. The predicted octanol–water partition coefficient (Wildman–Crippen LogP) is 4.15. The summed E-state index contributed by atoms with van der Waals surface area (Å²) in [6.45, 7) is 16.9. The van der Waals surface area contributed by atoms with Crippen LogP contribution in [0.4, 0.5) is 0 Å². The van der Waals surface area contributed by atoms with Crippen LogP contribution in [0.15, 0.2) is 37.8 Å². The Morgan fingerprint density at radius 3 is 2.50 bits per heavy atom. The zero-order valence-electron chi connectivity index (χ0n) is 15.0. The molecule has 0 saturated heterocycles. The molecule has 1 aromatic rings. The molecule has 1 N–H and O–H groups in total. The average Bonchev–Trinajstić information content (AvgIpc) is 2.50. The molecule has 5 nitrogen and oxygen atoms in total. The Morgan fingerprint density at radius 1 is 1.25 bits per heavy atom. The number of pyridine rings is 1. The molecule has 24 heavy (non-hydrogen) atoms. The summed E-state index contributed by atoms with van der Waals surface area (Å²) < 4.78 is 16.5. The van der Waals surface area contributed by atoms with E-state index >= 15 is 0 Å². The predicted molar refractivity (Wildman–Crippen MR) is 99.4 cm³/mol. The molecule has 0 spiro atoms. The highest BCUT2D eigenvalue weighted by atomic mass is 35.5. The highest BCUT2D eigenvalue weighted by Gasteiger charge is 2.19. The van der Waals surface area contributed by atoms with E-state index in [2.05, 4.69) is 44.2 Å². The van der Waals surface area contributed by atoms with Crippen molar-refractivity contribution in [2.45, 2.75) is 45.9 Å². The Labute approximate surface area is 151 Å². The van der Waals surface area contributed by atoms with E-state index in [-0.39, 0.29) is 24.0 Å². The van der Waals surface area contributed by atoms with Gasteiger partial charge in [-0.15, -0.1) is 12.4 Å². The van der Waals surface area contributed by atoms with Crippen molar-refractivity contribution in [2.24, 2.45) is 0 Å². The first kappa shape index (κ1) is 22.3. The zero-order valence-corrected chi connectivity index (χ0v) is 15.8. The van der Waals surface area contributed by atoms with E-state index in [0.29, 0.717) is 25.5 Å². The summed E-state index contributed by atoms with van der Waals surface area (Å²) in [6, 6.07) is 3.80. The van der Waals surface area contributed by atoms with Crippen molar-refractivity contribution >= 4 is 12.4 Å². The lowest BCUT2D eigenvalue weighted by Gasteiger charge is -2.25. The Hall–Kier alpha value is -1.72. The maximum atomic E-state index is 5.62. The van der Waals surface area contributed by atoms with Crippen LogP contribution in [-0.2, 0) is 16.1 Å². The SMILES string of the molecule is C=COCc1nc(C(CNC(C)(C)C)OC=C)ccc1OCC.Cl. The van der Waals surface area contributed by atoms with E-state index in [0.717, 1.165) is 11.4 Å². The zero-order chi connectivity index (χ0) is 17.3. The standard InChI is InChI=1S/C18H28N2O3.ClH/c1-7-21-13-15-16(22-8-2)11-10-14(20-15)17(23-9-3)12-19-18(4,5)6;/h7,9-11,17,19H,1,3,8,12-13H2,2,4-6H3;1H. The molecule has 1 atom stereocenters. The number of aromatic nitrogens is 1. The molecular weight excluding hydrogens is 328 g/mol. The Balaban J connectivity index is 0.00000529. The number of hydrogen-bond acceptors (Lipinski definition) is 5. The third-order valence-corrected chi connectivity index (χ3v) is 3.00. The first-order chi connectivity index (χ1) is 10.9. The summed E-state index contributed by atoms with van der Waals surface area (Å²) in [7, 11) is 0. The second-order valence-electron chi connectivity index (χ2n) is 6.01. The molecule has 0 bridgehead atoms. The van der Waals surface area contributed by atoms with Gasteiger partial charge in [0.25, 0.3) is 0 Å². The van der Waals surface area contributed by atoms with Crippen molar-refractivity contribution in [3.63, 3.8) is 0 Å². The van der Waals surface area contributed by atoms with E-state index < -0.39 is 0 Å². The number of rotatable bonds is 10. The van der Waals surface area contributed by atoms with Crippen molar-refractivity contribution in [3.8, 4) is 5.75 Å². The summed E-state index contributed by atoms with van der Waals surface area (Å²) in [5, 5.41) is 3.42. The van der Waals surface area contributed by atoms with Crippen LogP contribution < -0.4 is 10.1 Å². The van der Waals surface area contributed by atoms with Crippen molar-refractivity contribution in [2.75, 3.05) is 13.2 Å². The lowest BCUT2D eigenvalue weighted by molar-refractivity contribution is 0.131. The Bertz CT molecular complexity index is 515. The van der Waals surface area contributed by atoms with Crippen LogP contribution >= 0.6 is 12.4 Å². The second-order valence-corrected chi connectivity index (χ2v) is 6.01. The molecule has 0 radical (unpaired) electrons. The minimum atomic E-state index is -0.232. The van der Waals surface area contributed by atoms with Gasteiger partial charge in [-0.05, 0) is 39.8 Å². The molecule has 0 aliphatic rings. The molecule has 1 unspecified atom stereocenters. The van der Waals surface area contributed by atoms with E-state index in [9.17, 15) is 0 Å². The average molecular weight is 357 g/mol. The van der Waals surface area contributed by atoms with Gasteiger partial charge in [-0.1, -0.05) is 13.2 Å².